The molecule has 0 aliphatic carbocycles. The lowest BCUT2D eigenvalue weighted by Crippen LogP contribution is -2.26. The van der Waals surface area contributed by atoms with Gasteiger partial charge in [-0.2, -0.15) is 0 Å². The van der Waals surface area contributed by atoms with E-state index in [0.717, 1.165) is 0 Å². The van der Waals surface area contributed by atoms with E-state index in [9.17, 15) is 20.0 Å². The Bertz CT molecular complexity index is 518. The van der Waals surface area contributed by atoms with Gasteiger partial charge in [0.1, 0.15) is 0 Å². The molecular weight excluding hydrogens is 250 g/mol. The summed E-state index contributed by atoms with van der Waals surface area (Å²) in [4.78, 5) is 23.9. The summed E-state index contributed by atoms with van der Waals surface area (Å²) in [5.41, 5.74) is 0.745. The number of benzene rings is 1. The van der Waals surface area contributed by atoms with E-state index < -0.39 is 11.0 Å². The van der Waals surface area contributed by atoms with E-state index in [-0.39, 0.29) is 17.2 Å². The minimum absolute atomic E-state index is 0.123. The molecule has 7 nitrogen and oxygen atoms in total. The van der Waals surface area contributed by atoms with Gasteiger partial charge < -0.3 is 15.3 Å². The summed E-state index contributed by atoms with van der Waals surface area (Å²) >= 11 is 0. The fraction of sp³-hybridized carbons (Fsp3) is 0.417. The molecule has 19 heavy (non-hydrogen) atoms. The summed E-state index contributed by atoms with van der Waals surface area (Å²) in [6, 6.07) is 4.19. The summed E-state index contributed by atoms with van der Waals surface area (Å²) in [7, 11) is 1.48. The first-order chi connectivity index (χ1) is 9.02. The number of hydrogen-bond donors (Lipinski definition) is 2. The maximum Gasteiger partial charge on any atom is 0.270 e. The Labute approximate surface area is 110 Å². The zero-order chi connectivity index (χ0) is 14.0. The number of amides is 1. The number of β-amino-alcohol motifs (C(OH)–C–C–N with tert-alkyl or cyclic N) is 1. The molecule has 1 saturated heterocycles. The number of nitrogens with one attached hydrogen (secondary N) is 1. The Kier molecular flexibility index (Phi) is 3.66. The third-order valence-corrected chi connectivity index (χ3v) is 3.17. The van der Waals surface area contributed by atoms with Crippen molar-refractivity contribution < 1.29 is 14.8 Å². The highest BCUT2D eigenvalue weighted by Gasteiger charge is 2.25. The second-order valence-corrected chi connectivity index (χ2v) is 4.43. The van der Waals surface area contributed by atoms with E-state index in [1.807, 2.05) is 4.90 Å². The lowest BCUT2D eigenvalue weighted by atomic mass is 10.1. The van der Waals surface area contributed by atoms with Gasteiger partial charge in [-0.05, 0) is 12.5 Å². The highest BCUT2D eigenvalue weighted by atomic mass is 16.6. The van der Waals surface area contributed by atoms with Crippen molar-refractivity contribution in [1.29, 1.82) is 0 Å². The maximum absolute atomic E-state index is 11.8. The molecule has 7 heteroatoms. The molecule has 1 aliphatic rings. The third kappa shape index (κ3) is 2.65. The van der Waals surface area contributed by atoms with Gasteiger partial charge in [0.15, 0.2) is 0 Å². The van der Waals surface area contributed by atoms with Crippen molar-refractivity contribution in [2.45, 2.75) is 12.5 Å². The average molecular weight is 265 g/mol. The van der Waals surface area contributed by atoms with E-state index >= 15 is 0 Å². The van der Waals surface area contributed by atoms with Crippen molar-refractivity contribution in [3.8, 4) is 0 Å². The summed E-state index contributed by atoms with van der Waals surface area (Å²) in [6.45, 7) is 1.06. The Morgan fingerprint density at radius 1 is 1.58 bits per heavy atom. The van der Waals surface area contributed by atoms with Crippen molar-refractivity contribution in [2.24, 2.45) is 0 Å². The molecule has 0 unspecified atom stereocenters. The number of aliphatic hydroxyl groups is 1. The number of nitro benzene ring substituents is 1. The molecule has 1 amide bonds. The molecule has 0 saturated carbocycles. The Hall–Kier alpha value is -2.15. The lowest BCUT2D eigenvalue weighted by molar-refractivity contribution is -0.384. The quantitative estimate of drug-likeness (QED) is 0.613. The fourth-order valence-electron chi connectivity index (χ4n) is 2.19. The molecule has 0 aromatic heterocycles. The first kappa shape index (κ1) is 13.3. The monoisotopic (exact) mass is 265 g/mol. The highest BCUT2D eigenvalue weighted by Crippen LogP contribution is 2.28. The number of carbonyl (C=O) groups is 1. The second kappa shape index (κ2) is 5.23. The van der Waals surface area contributed by atoms with Crippen LogP contribution in [0.4, 0.5) is 11.4 Å². The number of carbonyl (C=O) groups excluding carboxylic acids is 1. The SMILES string of the molecule is CNC(=O)c1cc([N+](=O)[O-])ccc1N1CC[C@@H](O)C1. The molecule has 2 N–H and O–H groups in total. The van der Waals surface area contributed by atoms with Crippen molar-refractivity contribution >= 4 is 17.3 Å². The molecule has 1 atom stereocenters. The topological polar surface area (TPSA) is 95.7 Å². The predicted molar refractivity (Wildman–Crippen MR) is 69.3 cm³/mol. The smallest absolute Gasteiger partial charge is 0.270 e. The summed E-state index contributed by atoms with van der Waals surface area (Å²) < 4.78 is 0. The van der Waals surface area contributed by atoms with Gasteiger partial charge >= 0.3 is 0 Å². The molecule has 102 valence electrons. The summed E-state index contributed by atoms with van der Waals surface area (Å²) in [6.07, 6.45) is 0.206. The zero-order valence-corrected chi connectivity index (χ0v) is 10.5. The van der Waals surface area contributed by atoms with Gasteiger partial charge in [-0.15, -0.1) is 0 Å². The van der Waals surface area contributed by atoms with Crippen LogP contribution in [-0.4, -0.2) is 42.2 Å². The van der Waals surface area contributed by atoms with Crippen LogP contribution in [0.3, 0.4) is 0 Å². The third-order valence-electron chi connectivity index (χ3n) is 3.17. The van der Waals surface area contributed by atoms with Crippen LogP contribution >= 0.6 is 0 Å². The van der Waals surface area contributed by atoms with E-state index in [1.54, 1.807) is 6.07 Å². The van der Waals surface area contributed by atoms with Crippen molar-refractivity contribution in [3.63, 3.8) is 0 Å². The summed E-state index contributed by atoms with van der Waals surface area (Å²) in [5, 5.41) is 22.8. The number of anilines is 1. The van der Waals surface area contributed by atoms with Crippen LogP contribution in [0.2, 0.25) is 0 Å². The standard InChI is InChI=1S/C12H15N3O4/c1-13-12(17)10-6-8(15(18)19)2-3-11(10)14-5-4-9(16)7-14/h2-3,6,9,16H,4-5,7H2,1H3,(H,13,17)/t9-/m1/s1. The van der Waals surface area contributed by atoms with Crippen molar-refractivity contribution in [2.75, 3.05) is 25.0 Å². The molecule has 1 fully saturated rings. The molecular formula is C12H15N3O4. The van der Waals surface area contributed by atoms with Crippen LogP contribution in [0.15, 0.2) is 18.2 Å². The van der Waals surface area contributed by atoms with E-state index in [2.05, 4.69) is 5.32 Å². The van der Waals surface area contributed by atoms with Gasteiger partial charge in [0.05, 0.1) is 22.3 Å². The number of nitro groups is 1. The lowest BCUT2D eigenvalue weighted by Gasteiger charge is -2.20. The zero-order valence-electron chi connectivity index (χ0n) is 10.5. The number of non-ortho nitro benzene ring substituents is 1. The largest absolute Gasteiger partial charge is 0.391 e. The van der Waals surface area contributed by atoms with E-state index in [4.69, 9.17) is 0 Å². The number of nitrogens with zero attached hydrogens (tertiary/aromatic N) is 2. The molecule has 0 radical (unpaired) electrons. The first-order valence-corrected chi connectivity index (χ1v) is 5.96. The van der Waals surface area contributed by atoms with Crippen LogP contribution < -0.4 is 10.2 Å². The molecule has 1 aromatic rings. The van der Waals surface area contributed by atoms with Gasteiger partial charge in [-0.3, -0.25) is 14.9 Å². The Morgan fingerprint density at radius 2 is 2.32 bits per heavy atom. The van der Waals surface area contributed by atoms with Crippen LogP contribution in [-0.2, 0) is 0 Å². The molecule has 1 heterocycles. The molecule has 0 spiro atoms. The molecule has 0 bridgehead atoms. The van der Waals surface area contributed by atoms with Crippen molar-refractivity contribution in [1.82, 2.24) is 5.32 Å². The van der Waals surface area contributed by atoms with Crippen LogP contribution in [0.1, 0.15) is 16.8 Å². The van der Waals surface area contributed by atoms with Gasteiger partial charge in [-0.25, -0.2) is 0 Å². The Balaban J connectivity index is 2.42. The highest BCUT2D eigenvalue weighted by molar-refractivity contribution is 6.00. The average Bonchev–Trinajstić information content (AvgIpc) is 2.83. The van der Waals surface area contributed by atoms with Crippen LogP contribution in [0.25, 0.3) is 0 Å². The maximum atomic E-state index is 11.8. The fourth-order valence-corrected chi connectivity index (χ4v) is 2.19. The Morgan fingerprint density at radius 3 is 2.84 bits per heavy atom. The molecule has 2 rings (SSSR count). The minimum Gasteiger partial charge on any atom is -0.391 e. The van der Waals surface area contributed by atoms with E-state index in [1.165, 1.54) is 19.2 Å². The van der Waals surface area contributed by atoms with Crippen molar-refractivity contribution in [3.05, 3.63) is 33.9 Å². The van der Waals surface area contributed by atoms with Gasteiger partial charge in [-0.1, -0.05) is 0 Å². The normalized spacial score (nSPS) is 18.4. The van der Waals surface area contributed by atoms with Crippen LogP contribution in [0.5, 0.6) is 0 Å². The molecule has 1 aliphatic heterocycles. The number of aliphatic hydroxyl groups excluding tert-OH is 1. The summed E-state index contributed by atoms with van der Waals surface area (Å²) in [5.74, 6) is -0.375. The van der Waals surface area contributed by atoms with Crippen LogP contribution in [0, 0.1) is 10.1 Å². The molecule has 1 aromatic carbocycles. The van der Waals surface area contributed by atoms with Gasteiger partial charge in [0.2, 0.25) is 0 Å². The first-order valence-electron chi connectivity index (χ1n) is 5.96. The van der Waals surface area contributed by atoms with Gasteiger partial charge in [0.25, 0.3) is 11.6 Å². The number of rotatable bonds is 3. The minimum atomic E-state index is -0.533. The predicted octanol–water partition coefficient (Wildman–Crippen LogP) is 0.525. The number of hydrogen-bond acceptors (Lipinski definition) is 5. The second-order valence-electron chi connectivity index (χ2n) is 4.43. The van der Waals surface area contributed by atoms with E-state index in [0.29, 0.717) is 25.2 Å². The van der Waals surface area contributed by atoms with Gasteiger partial charge in [0, 0.05) is 32.3 Å².